The molecule has 1 rings (SSSR count). The number of rotatable bonds is 5. The molecule has 0 N–H and O–H groups in total. The molecule has 0 amide bonds. The van der Waals surface area contributed by atoms with Gasteiger partial charge in [-0.3, -0.25) is 4.79 Å². The third-order valence-electron chi connectivity index (χ3n) is 4.50. The fourth-order valence-electron chi connectivity index (χ4n) is 3.17. The van der Waals surface area contributed by atoms with Crippen LogP contribution < -0.4 is 5.19 Å². The van der Waals surface area contributed by atoms with Crippen molar-refractivity contribution in [3.63, 3.8) is 0 Å². The highest BCUT2D eigenvalue weighted by Gasteiger charge is 2.35. The van der Waals surface area contributed by atoms with E-state index in [0.29, 0.717) is 0 Å². The summed E-state index contributed by atoms with van der Waals surface area (Å²) >= 11 is 0. The third-order valence-corrected chi connectivity index (χ3v) is 8.54. The average Bonchev–Trinajstić information content (AvgIpc) is 2.43. The molecule has 3 heteroatoms. The van der Waals surface area contributed by atoms with E-state index in [1.54, 1.807) is 0 Å². The van der Waals surface area contributed by atoms with Gasteiger partial charge in [0.2, 0.25) is 0 Å². The first-order valence-corrected chi connectivity index (χ1v) is 11.4. The van der Waals surface area contributed by atoms with Crippen LogP contribution in [0.1, 0.15) is 41.5 Å². The highest BCUT2D eigenvalue weighted by molar-refractivity contribution is 6.95. The second-order valence-electron chi connectivity index (χ2n) is 8.00. The van der Waals surface area contributed by atoms with E-state index < -0.39 is 8.07 Å². The second-order valence-corrected chi connectivity index (χ2v) is 12.4. The molecule has 0 saturated carbocycles. The Bertz CT molecular complexity index is 553. The minimum atomic E-state index is -1.77. The van der Waals surface area contributed by atoms with Crippen molar-refractivity contribution in [1.29, 1.82) is 0 Å². The smallest absolute Gasteiger partial charge is 0.302 e. The Morgan fingerprint density at radius 2 is 1.65 bits per heavy atom. The number of benzene rings is 1. The van der Waals surface area contributed by atoms with Gasteiger partial charge in [-0.1, -0.05) is 87.6 Å². The second kappa shape index (κ2) is 7.48. The van der Waals surface area contributed by atoms with Crippen molar-refractivity contribution >= 4 is 19.2 Å². The van der Waals surface area contributed by atoms with Crippen molar-refractivity contribution in [3.05, 3.63) is 41.6 Å². The molecule has 0 heterocycles. The molecule has 1 aromatic carbocycles. The average molecular weight is 333 g/mol. The zero-order valence-corrected chi connectivity index (χ0v) is 16.9. The monoisotopic (exact) mass is 332 g/mol. The summed E-state index contributed by atoms with van der Waals surface area (Å²) in [6.07, 6.45) is 2.25. The van der Waals surface area contributed by atoms with Crippen LogP contribution in [0.15, 0.2) is 41.6 Å². The van der Waals surface area contributed by atoms with Crippen LogP contribution in [-0.4, -0.2) is 20.1 Å². The number of carbonyl (C=O) groups is 1. The standard InChI is InChI=1S/C20H32O2Si/c1-15(16(2)22-17(3)21)14-19(20(4,5)6)23(7,8)18-12-10-9-11-13-18/h9-16H,1-8H3/b19-14-/t15-,16-/m0/s1. The van der Waals surface area contributed by atoms with E-state index in [0.717, 1.165) is 0 Å². The number of allylic oxidation sites excluding steroid dienone is 1. The van der Waals surface area contributed by atoms with Crippen LogP contribution in [-0.2, 0) is 9.53 Å². The molecule has 0 aliphatic carbocycles. The first kappa shape index (κ1) is 19.7. The number of hydrogen-bond acceptors (Lipinski definition) is 2. The molecule has 0 aliphatic rings. The molecule has 23 heavy (non-hydrogen) atoms. The van der Waals surface area contributed by atoms with Crippen molar-refractivity contribution < 1.29 is 9.53 Å². The SMILES string of the molecule is CC(=O)O[C@@H](C)[C@@H](C)/C=C(/C(C)(C)C)[Si](C)(C)c1ccccc1. The molecule has 0 aromatic heterocycles. The minimum Gasteiger partial charge on any atom is -0.462 e. The van der Waals surface area contributed by atoms with E-state index in [-0.39, 0.29) is 23.4 Å². The fraction of sp³-hybridized carbons (Fsp3) is 0.550. The van der Waals surface area contributed by atoms with Crippen LogP contribution >= 0.6 is 0 Å². The lowest BCUT2D eigenvalue weighted by Crippen LogP contribution is -2.48. The van der Waals surface area contributed by atoms with E-state index >= 15 is 0 Å². The Kier molecular flexibility index (Phi) is 6.40. The Hall–Kier alpha value is -1.35. The normalized spacial score (nSPS) is 15.9. The Morgan fingerprint density at radius 1 is 1.13 bits per heavy atom. The first-order chi connectivity index (χ1) is 10.5. The topological polar surface area (TPSA) is 26.3 Å². The summed E-state index contributed by atoms with van der Waals surface area (Å²) in [4.78, 5) is 11.2. The van der Waals surface area contributed by atoms with Crippen molar-refractivity contribution in [3.8, 4) is 0 Å². The van der Waals surface area contributed by atoms with Crippen molar-refractivity contribution in [2.24, 2.45) is 11.3 Å². The Morgan fingerprint density at radius 3 is 2.09 bits per heavy atom. The van der Waals surface area contributed by atoms with Gasteiger partial charge in [0, 0.05) is 12.8 Å². The summed E-state index contributed by atoms with van der Waals surface area (Å²) in [6.45, 7) is 17.2. The van der Waals surface area contributed by atoms with Crippen LogP contribution in [0.2, 0.25) is 13.1 Å². The van der Waals surface area contributed by atoms with Crippen LogP contribution in [0.5, 0.6) is 0 Å². The molecular formula is C20H32O2Si. The zero-order chi connectivity index (χ0) is 17.8. The summed E-state index contributed by atoms with van der Waals surface area (Å²) in [6, 6.07) is 10.8. The van der Waals surface area contributed by atoms with Gasteiger partial charge in [0.1, 0.15) is 14.2 Å². The number of hydrogen-bond donors (Lipinski definition) is 0. The number of esters is 1. The molecule has 2 atom stereocenters. The van der Waals surface area contributed by atoms with Crippen LogP contribution in [0.4, 0.5) is 0 Å². The van der Waals surface area contributed by atoms with Crippen LogP contribution in [0.25, 0.3) is 0 Å². The van der Waals surface area contributed by atoms with Crippen LogP contribution in [0, 0.1) is 11.3 Å². The van der Waals surface area contributed by atoms with Gasteiger partial charge in [0.05, 0.1) is 0 Å². The maximum Gasteiger partial charge on any atom is 0.302 e. The van der Waals surface area contributed by atoms with E-state index in [4.69, 9.17) is 4.74 Å². The molecular weight excluding hydrogens is 300 g/mol. The predicted octanol–water partition coefficient (Wildman–Crippen LogP) is 4.70. The summed E-state index contributed by atoms with van der Waals surface area (Å²) in [5, 5.41) is 2.94. The van der Waals surface area contributed by atoms with Gasteiger partial charge >= 0.3 is 5.97 Å². The highest BCUT2D eigenvalue weighted by Crippen LogP contribution is 2.34. The van der Waals surface area contributed by atoms with E-state index in [9.17, 15) is 4.79 Å². The van der Waals surface area contributed by atoms with Crippen molar-refractivity contribution in [2.75, 3.05) is 0 Å². The Labute approximate surface area is 143 Å². The highest BCUT2D eigenvalue weighted by atomic mass is 28.3. The molecule has 0 aliphatic heterocycles. The van der Waals surface area contributed by atoms with E-state index in [1.165, 1.54) is 17.3 Å². The van der Waals surface area contributed by atoms with Crippen molar-refractivity contribution in [2.45, 2.75) is 60.7 Å². The first-order valence-electron chi connectivity index (χ1n) is 8.41. The third kappa shape index (κ3) is 5.35. The quantitative estimate of drug-likeness (QED) is 0.577. The fourth-order valence-corrected chi connectivity index (χ4v) is 7.07. The molecule has 1 aromatic rings. The molecule has 0 spiro atoms. The van der Waals surface area contributed by atoms with Gasteiger partial charge in [-0.25, -0.2) is 0 Å². The largest absolute Gasteiger partial charge is 0.462 e. The van der Waals surface area contributed by atoms with Crippen molar-refractivity contribution in [1.82, 2.24) is 0 Å². The van der Waals surface area contributed by atoms with E-state index in [2.05, 4.69) is 77.2 Å². The zero-order valence-electron chi connectivity index (χ0n) is 15.9. The van der Waals surface area contributed by atoms with Gasteiger partial charge < -0.3 is 4.74 Å². The molecule has 0 radical (unpaired) electrons. The maximum absolute atomic E-state index is 11.2. The van der Waals surface area contributed by atoms with E-state index in [1.807, 2.05) is 6.92 Å². The predicted molar refractivity (Wildman–Crippen MR) is 101 cm³/mol. The molecule has 0 fully saturated rings. The molecule has 0 saturated heterocycles. The molecule has 2 nitrogen and oxygen atoms in total. The summed E-state index contributed by atoms with van der Waals surface area (Å²) in [7, 11) is -1.77. The Balaban J connectivity index is 3.25. The van der Waals surface area contributed by atoms with Crippen LogP contribution in [0.3, 0.4) is 0 Å². The lowest BCUT2D eigenvalue weighted by molar-refractivity contribution is -0.146. The van der Waals surface area contributed by atoms with Gasteiger partial charge in [-0.15, -0.1) is 0 Å². The van der Waals surface area contributed by atoms with Gasteiger partial charge in [-0.05, 0) is 12.3 Å². The maximum atomic E-state index is 11.2. The lowest BCUT2D eigenvalue weighted by atomic mass is 9.92. The number of ether oxygens (including phenoxy) is 1. The van der Waals surface area contributed by atoms with Gasteiger partial charge in [0.15, 0.2) is 0 Å². The van der Waals surface area contributed by atoms with Gasteiger partial charge in [0.25, 0.3) is 0 Å². The molecule has 0 bridgehead atoms. The molecule has 0 unspecified atom stereocenters. The van der Waals surface area contributed by atoms with Gasteiger partial charge in [-0.2, -0.15) is 0 Å². The summed E-state index contributed by atoms with van der Waals surface area (Å²) in [5.41, 5.74) is 0.0930. The summed E-state index contributed by atoms with van der Waals surface area (Å²) in [5.74, 6) is -0.0155. The lowest BCUT2D eigenvalue weighted by Gasteiger charge is -2.37. The molecule has 128 valence electrons. The minimum absolute atomic E-state index is 0.0930. The summed E-state index contributed by atoms with van der Waals surface area (Å²) < 4.78 is 5.38. The number of carbonyl (C=O) groups excluding carboxylic acids is 1.